The van der Waals surface area contributed by atoms with E-state index in [9.17, 15) is 19.7 Å². The van der Waals surface area contributed by atoms with Crippen LogP contribution in [0.25, 0.3) is 0 Å². The van der Waals surface area contributed by atoms with E-state index in [0.29, 0.717) is 0 Å². The molecule has 112 valence electrons. The molecule has 1 amide bonds. The average Bonchev–Trinajstić information content (AvgIpc) is 2.45. The Morgan fingerprint density at radius 1 is 1.52 bits per heavy atom. The van der Waals surface area contributed by atoms with Crippen LogP contribution in [-0.2, 0) is 9.59 Å². The van der Waals surface area contributed by atoms with Gasteiger partial charge in [0.2, 0.25) is 0 Å². The third-order valence-electron chi connectivity index (χ3n) is 2.43. The highest BCUT2D eigenvalue weighted by Crippen LogP contribution is 2.18. The second-order valence-electron chi connectivity index (χ2n) is 4.03. The van der Waals surface area contributed by atoms with Crippen LogP contribution in [0.2, 0.25) is 0 Å². The summed E-state index contributed by atoms with van der Waals surface area (Å²) in [5, 5.41) is 21.7. The highest BCUT2D eigenvalue weighted by molar-refractivity contribution is 5.84. The van der Waals surface area contributed by atoms with Gasteiger partial charge in [-0.3, -0.25) is 14.9 Å². The Hall–Kier alpha value is -2.90. The van der Waals surface area contributed by atoms with Crippen molar-refractivity contribution >= 4 is 17.6 Å². The number of non-ortho nitro benzene ring substituents is 1. The molecule has 0 heterocycles. The minimum Gasteiger partial charge on any atom is -0.484 e. The van der Waals surface area contributed by atoms with E-state index in [2.05, 4.69) is 11.9 Å². The fourth-order valence-electron chi connectivity index (χ4n) is 1.46. The van der Waals surface area contributed by atoms with Crippen molar-refractivity contribution in [3.63, 3.8) is 0 Å². The van der Waals surface area contributed by atoms with Gasteiger partial charge in [-0.15, -0.1) is 6.58 Å². The second-order valence-corrected chi connectivity index (χ2v) is 4.03. The summed E-state index contributed by atoms with van der Waals surface area (Å²) in [5.41, 5.74) is -0.164. The van der Waals surface area contributed by atoms with Crippen LogP contribution >= 0.6 is 0 Å². The molecule has 0 spiro atoms. The molecule has 0 radical (unpaired) electrons. The van der Waals surface area contributed by atoms with Gasteiger partial charge in [-0.1, -0.05) is 12.1 Å². The zero-order chi connectivity index (χ0) is 15.8. The summed E-state index contributed by atoms with van der Waals surface area (Å²) in [6.45, 7) is 2.96. The minimum atomic E-state index is -1.18. The van der Waals surface area contributed by atoms with Crippen LogP contribution in [-0.4, -0.2) is 34.6 Å². The lowest BCUT2D eigenvalue weighted by molar-refractivity contribution is -0.384. The third-order valence-corrected chi connectivity index (χ3v) is 2.43. The van der Waals surface area contributed by atoms with E-state index >= 15 is 0 Å². The van der Waals surface area contributed by atoms with E-state index in [1.807, 2.05) is 0 Å². The van der Waals surface area contributed by atoms with Crippen molar-refractivity contribution in [2.24, 2.45) is 0 Å². The lowest BCUT2D eigenvalue weighted by Gasteiger charge is -2.12. The molecule has 0 aliphatic carbocycles. The van der Waals surface area contributed by atoms with Crippen molar-refractivity contribution in [2.45, 2.75) is 12.5 Å². The van der Waals surface area contributed by atoms with Crippen LogP contribution in [0.1, 0.15) is 6.42 Å². The van der Waals surface area contributed by atoms with E-state index < -0.39 is 29.4 Å². The van der Waals surface area contributed by atoms with Crippen LogP contribution < -0.4 is 10.1 Å². The summed E-state index contributed by atoms with van der Waals surface area (Å²) in [5.74, 6) is -1.68. The third kappa shape index (κ3) is 5.31. The lowest BCUT2D eigenvalue weighted by atomic mass is 10.2. The van der Waals surface area contributed by atoms with Crippen molar-refractivity contribution in [3.05, 3.63) is 47.0 Å². The standard InChI is InChI=1S/C13H14N2O6/c1-2-4-11(13(17)18)14-12(16)8-21-10-6-3-5-9(7-10)15(19)20/h2-3,5-7,11H,1,4,8H2,(H,14,16)(H,17,18). The first-order valence-electron chi connectivity index (χ1n) is 5.94. The van der Waals surface area contributed by atoms with Gasteiger partial charge in [0, 0.05) is 6.07 Å². The van der Waals surface area contributed by atoms with Gasteiger partial charge in [-0.25, -0.2) is 4.79 Å². The van der Waals surface area contributed by atoms with Crippen molar-refractivity contribution in [1.82, 2.24) is 5.32 Å². The Kier molecular flexibility index (Phi) is 5.87. The van der Waals surface area contributed by atoms with Crippen LogP contribution in [0.5, 0.6) is 5.75 Å². The topological polar surface area (TPSA) is 119 Å². The van der Waals surface area contributed by atoms with Crippen molar-refractivity contribution in [3.8, 4) is 5.75 Å². The summed E-state index contributed by atoms with van der Waals surface area (Å²) in [6, 6.07) is 4.26. The molecule has 21 heavy (non-hydrogen) atoms. The average molecular weight is 294 g/mol. The van der Waals surface area contributed by atoms with Gasteiger partial charge in [0.05, 0.1) is 11.0 Å². The number of rotatable bonds is 8. The molecule has 0 fully saturated rings. The van der Waals surface area contributed by atoms with E-state index in [-0.39, 0.29) is 17.9 Å². The number of benzene rings is 1. The molecule has 1 unspecified atom stereocenters. The molecular weight excluding hydrogens is 280 g/mol. The number of ether oxygens (including phenoxy) is 1. The summed E-state index contributed by atoms with van der Waals surface area (Å²) in [6.07, 6.45) is 1.46. The van der Waals surface area contributed by atoms with Crippen LogP contribution in [0.4, 0.5) is 5.69 Å². The van der Waals surface area contributed by atoms with Gasteiger partial charge < -0.3 is 15.2 Å². The monoisotopic (exact) mass is 294 g/mol. The molecule has 1 aromatic rings. The Balaban J connectivity index is 2.56. The second kappa shape index (κ2) is 7.63. The first-order valence-corrected chi connectivity index (χ1v) is 5.94. The maximum absolute atomic E-state index is 11.6. The maximum atomic E-state index is 11.6. The van der Waals surface area contributed by atoms with Gasteiger partial charge in [0.25, 0.3) is 11.6 Å². The van der Waals surface area contributed by atoms with E-state index in [4.69, 9.17) is 9.84 Å². The molecular formula is C13H14N2O6. The van der Waals surface area contributed by atoms with Gasteiger partial charge in [-0.2, -0.15) is 0 Å². The Morgan fingerprint density at radius 3 is 2.81 bits per heavy atom. The van der Waals surface area contributed by atoms with E-state index in [1.54, 1.807) is 0 Å². The van der Waals surface area contributed by atoms with Crippen LogP contribution in [0.3, 0.4) is 0 Å². The van der Waals surface area contributed by atoms with Gasteiger partial charge in [0.1, 0.15) is 11.8 Å². The first kappa shape index (κ1) is 16.2. The normalized spacial score (nSPS) is 11.2. The minimum absolute atomic E-state index is 0.0812. The van der Waals surface area contributed by atoms with E-state index in [0.717, 1.165) is 0 Å². The summed E-state index contributed by atoms with van der Waals surface area (Å²) in [7, 11) is 0. The Labute approximate surface area is 120 Å². The molecule has 0 aliphatic rings. The SMILES string of the molecule is C=CCC(NC(=O)COc1cccc([N+](=O)[O-])c1)C(=O)O. The quantitative estimate of drug-likeness (QED) is 0.421. The van der Waals surface area contributed by atoms with Gasteiger partial charge >= 0.3 is 5.97 Å². The molecule has 2 N–H and O–H groups in total. The molecule has 1 atom stereocenters. The number of hydrogen-bond donors (Lipinski definition) is 2. The number of nitro groups is 1. The number of nitrogens with zero attached hydrogens (tertiary/aromatic N) is 1. The predicted molar refractivity (Wildman–Crippen MR) is 73.0 cm³/mol. The number of nitro benzene ring substituents is 1. The molecule has 0 bridgehead atoms. The molecule has 1 aromatic carbocycles. The fourth-order valence-corrected chi connectivity index (χ4v) is 1.46. The number of carboxylic acid groups (broad SMARTS) is 1. The number of carbonyl (C=O) groups is 2. The van der Waals surface area contributed by atoms with Gasteiger partial charge in [0.15, 0.2) is 6.61 Å². The van der Waals surface area contributed by atoms with Crippen LogP contribution in [0.15, 0.2) is 36.9 Å². The molecule has 0 saturated carbocycles. The number of hydrogen-bond acceptors (Lipinski definition) is 5. The maximum Gasteiger partial charge on any atom is 0.326 e. The molecule has 0 saturated heterocycles. The number of aliphatic carboxylic acids is 1. The smallest absolute Gasteiger partial charge is 0.326 e. The largest absolute Gasteiger partial charge is 0.484 e. The molecule has 1 rings (SSSR count). The van der Waals surface area contributed by atoms with Crippen molar-refractivity contribution < 1.29 is 24.4 Å². The molecule has 8 heteroatoms. The summed E-state index contributed by atoms with van der Waals surface area (Å²) >= 11 is 0. The van der Waals surface area contributed by atoms with Crippen molar-refractivity contribution in [1.29, 1.82) is 0 Å². The van der Waals surface area contributed by atoms with Gasteiger partial charge in [-0.05, 0) is 12.5 Å². The predicted octanol–water partition coefficient (Wildman–Crippen LogP) is 1.12. The number of nitrogens with one attached hydrogen (secondary N) is 1. The zero-order valence-electron chi connectivity index (χ0n) is 11.0. The molecule has 8 nitrogen and oxygen atoms in total. The van der Waals surface area contributed by atoms with E-state index in [1.165, 1.54) is 30.3 Å². The Morgan fingerprint density at radius 2 is 2.24 bits per heavy atom. The molecule has 0 aromatic heterocycles. The van der Waals surface area contributed by atoms with Crippen molar-refractivity contribution in [2.75, 3.05) is 6.61 Å². The number of carbonyl (C=O) groups excluding carboxylic acids is 1. The number of carboxylic acids is 1. The summed E-state index contributed by atoms with van der Waals surface area (Å²) < 4.78 is 5.08. The highest BCUT2D eigenvalue weighted by Gasteiger charge is 2.18. The summed E-state index contributed by atoms with van der Waals surface area (Å²) in [4.78, 5) is 32.4. The fraction of sp³-hybridized carbons (Fsp3) is 0.231. The van der Waals surface area contributed by atoms with Crippen LogP contribution in [0, 0.1) is 10.1 Å². The number of amides is 1. The zero-order valence-corrected chi connectivity index (χ0v) is 11.0. The highest BCUT2D eigenvalue weighted by atomic mass is 16.6. The lowest BCUT2D eigenvalue weighted by Crippen LogP contribution is -2.42. The first-order chi connectivity index (χ1) is 9.93. The molecule has 0 aliphatic heterocycles. The Bertz CT molecular complexity index is 557.